The molecule has 2 unspecified atom stereocenters. The van der Waals surface area contributed by atoms with Crippen molar-refractivity contribution >= 4 is 11.4 Å². The molecule has 2 atom stereocenters. The van der Waals surface area contributed by atoms with Gasteiger partial charge in [-0.15, -0.1) is 10.2 Å². The Hall–Kier alpha value is -3.34. The van der Waals surface area contributed by atoms with Gasteiger partial charge < -0.3 is 11.1 Å². The highest BCUT2D eigenvalue weighted by Gasteiger charge is 2.32. The average molecular weight is 327 g/mol. The Balaban J connectivity index is 1.78. The quantitative estimate of drug-likeness (QED) is 0.671. The summed E-state index contributed by atoms with van der Waals surface area (Å²) in [6.45, 7) is 0. The third-order valence-corrected chi connectivity index (χ3v) is 4.76. The molecule has 1 aromatic heterocycles. The van der Waals surface area contributed by atoms with Crippen molar-refractivity contribution in [3.8, 4) is 17.1 Å². The van der Waals surface area contributed by atoms with Gasteiger partial charge in [-0.25, -0.2) is 0 Å². The maximum Gasteiger partial charge on any atom is 0.168 e. The van der Waals surface area contributed by atoms with E-state index in [1.54, 1.807) is 0 Å². The van der Waals surface area contributed by atoms with Crippen molar-refractivity contribution in [2.24, 2.45) is 0 Å². The summed E-state index contributed by atoms with van der Waals surface area (Å²) in [7, 11) is 0. The minimum absolute atomic E-state index is 0.132. The van der Waals surface area contributed by atoms with Crippen molar-refractivity contribution in [1.29, 1.82) is 0 Å². The number of hydrogen-bond donors (Lipinski definition) is 2. The molecule has 0 saturated heterocycles. The Morgan fingerprint density at radius 2 is 1.72 bits per heavy atom. The largest absolute Gasteiger partial charge is 0.399 e. The minimum Gasteiger partial charge on any atom is -0.399 e. The van der Waals surface area contributed by atoms with E-state index in [0.29, 0.717) is 0 Å². The first-order valence-corrected chi connectivity index (χ1v) is 8.33. The fraction of sp³-hybridized carbons (Fsp3) is 0.100. The lowest BCUT2D eigenvalue weighted by molar-refractivity contribution is 0.700. The highest BCUT2D eigenvalue weighted by molar-refractivity contribution is 5.70. The summed E-state index contributed by atoms with van der Waals surface area (Å²) in [5.74, 6) is 1.90. The fourth-order valence-corrected chi connectivity index (χ4v) is 3.53. The van der Waals surface area contributed by atoms with Gasteiger partial charge in [-0.05, 0) is 36.4 Å². The van der Waals surface area contributed by atoms with Gasteiger partial charge in [-0.2, -0.15) is 0 Å². The van der Waals surface area contributed by atoms with Gasteiger partial charge in [0.25, 0.3) is 0 Å². The molecule has 25 heavy (non-hydrogen) atoms. The zero-order chi connectivity index (χ0) is 16.8. The zero-order valence-corrected chi connectivity index (χ0v) is 13.5. The van der Waals surface area contributed by atoms with Gasteiger partial charge in [-0.3, -0.25) is 4.57 Å². The van der Waals surface area contributed by atoms with Gasteiger partial charge in [0, 0.05) is 11.3 Å². The Morgan fingerprint density at radius 3 is 2.60 bits per heavy atom. The third-order valence-electron chi connectivity index (χ3n) is 4.76. The van der Waals surface area contributed by atoms with Crippen LogP contribution in [-0.4, -0.2) is 20.8 Å². The average Bonchev–Trinajstić information content (AvgIpc) is 3.02. The number of para-hydroxylation sites is 2. The summed E-state index contributed by atoms with van der Waals surface area (Å²) in [5.41, 5.74) is 9.71. The summed E-state index contributed by atoms with van der Waals surface area (Å²) in [5, 5.41) is 12.7. The van der Waals surface area contributed by atoms with Crippen molar-refractivity contribution in [3.63, 3.8) is 0 Å². The van der Waals surface area contributed by atoms with E-state index in [1.807, 2.05) is 36.4 Å². The monoisotopic (exact) mass is 327 g/mol. The van der Waals surface area contributed by atoms with Crippen molar-refractivity contribution in [2.75, 3.05) is 11.1 Å². The van der Waals surface area contributed by atoms with Crippen LogP contribution in [0.1, 0.15) is 11.7 Å². The first-order chi connectivity index (χ1) is 12.3. The van der Waals surface area contributed by atoms with Gasteiger partial charge in [0.2, 0.25) is 0 Å². The molecule has 122 valence electrons. The van der Waals surface area contributed by atoms with E-state index in [1.165, 1.54) is 0 Å². The van der Waals surface area contributed by atoms with Crippen molar-refractivity contribution in [2.45, 2.75) is 12.0 Å². The second-order valence-electron chi connectivity index (χ2n) is 6.32. The van der Waals surface area contributed by atoms with Crippen molar-refractivity contribution < 1.29 is 0 Å². The molecule has 3 aromatic rings. The van der Waals surface area contributed by atoms with E-state index in [9.17, 15) is 0 Å². The summed E-state index contributed by atoms with van der Waals surface area (Å²) >= 11 is 0. The summed E-state index contributed by atoms with van der Waals surface area (Å²) in [4.78, 5) is 0. The van der Waals surface area contributed by atoms with Crippen LogP contribution in [0.2, 0.25) is 0 Å². The molecule has 3 N–H and O–H groups in total. The molecule has 0 saturated carbocycles. The molecule has 5 rings (SSSR count). The number of allylic oxidation sites excluding steroid dienone is 2. The van der Waals surface area contributed by atoms with E-state index < -0.39 is 0 Å². The number of nitrogen functional groups attached to an aromatic ring is 1. The lowest BCUT2D eigenvalue weighted by atomic mass is 9.94. The van der Waals surface area contributed by atoms with E-state index in [0.717, 1.165) is 34.3 Å². The molecular weight excluding hydrogens is 310 g/mol. The molecule has 0 bridgehead atoms. The Bertz CT molecular complexity index is 997. The SMILES string of the molecule is Nc1ccc(-c2nnc3n2-c2ccccc2NC2C=CC=CC32)cc1. The van der Waals surface area contributed by atoms with Crippen LogP contribution in [-0.2, 0) is 0 Å². The number of aromatic nitrogens is 3. The lowest BCUT2D eigenvalue weighted by Gasteiger charge is -2.22. The maximum absolute atomic E-state index is 5.84. The molecule has 1 aliphatic heterocycles. The third kappa shape index (κ3) is 2.16. The van der Waals surface area contributed by atoms with Crippen LogP contribution in [0.3, 0.4) is 0 Å². The molecular formula is C20H17N5. The van der Waals surface area contributed by atoms with Crippen molar-refractivity contribution in [1.82, 2.24) is 14.8 Å². The molecule has 0 amide bonds. The normalized spacial score (nSPS) is 20.2. The number of fused-ring (bicyclic) bond motifs is 5. The fourth-order valence-electron chi connectivity index (χ4n) is 3.53. The van der Waals surface area contributed by atoms with Gasteiger partial charge in [0.1, 0.15) is 5.82 Å². The molecule has 0 fully saturated rings. The molecule has 2 heterocycles. The molecule has 1 aliphatic carbocycles. The van der Waals surface area contributed by atoms with Gasteiger partial charge in [0.15, 0.2) is 5.82 Å². The number of benzene rings is 2. The molecule has 5 heteroatoms. The van der Waals surface area contributed by atoms with Gasteiger partial charge >= 0.3 is 0 Å². The first kappa shape index (κ1) is 14.0. The van der Waals surface area contributed by atoms with Crippen LogP contribution >= 0.6 is 0 Å². The second-order valence-corrected chi connectivity index (χ2v) is 6.32. The predicted molar refractivity (Wildman–Crippen MR) is 99.6 cm³/mol. The number of anilines is 2. The smallest absolute Gasteiger partial charge is 0.168 e. The summed E-state index contributed by atoms with van der Waals surface area (Å²) in [6, 6.07) is 16.2. The Kier molecular flexibility index (Phi) is 3.00. The Labute approximate surface area is 145 Å². The van der Waals surface area contributed by atoms with Crippen LogP contribution in [0.15, 0.2) is 72.8 Å². The topological polar surface area (TPSA) is 68.8 Å². The standard InChI is InChI=1S/C20H17N5/c21-14-11-9-13(10-12-14)19-23-24-20-15-5-1-2-6-16(15)22-17-7-3-4-8-18(17)25(19)20/h1-12,15-16,22H,21H2. The number of hydrogen-bond acceptors (Lipinski definition) is 4. The van der Waals surface area contributed by atoms with Crippen LogP contribution in [0, 0.1) is 0 Å². The highest BCUT2D eigenvalue weighted by Crippen LogP contribution is 2.37. The zero-order valence-electron chi connectivity index (χ0n) is 13.5. The van der Waals surface area contributed by atoms with Crippen LogP contribution in [0.25, 0.3) is 17.1 Å². The van der Waals surface area contributed by atoms with Crippen molar-refractivity contribution in [3.05, 3.63) is 78.7 Å². The Morgan fingerprint density at radius 1 is 0.920 bits per heavy atom. The van der Waals surface area contributed by atoms with E-state index in [2.05, 4.69) is 56.5 Å². The summed E-state index contributed by atoms with van der Waals surface area (Å²) < 4.78 is 2.15. The van der Waals surface area contributed by atoms with Crippen LogP contribution in [0.5, 0.6) is 0 Å². The summed E-state index contributed by atoms with van der Waals surface area (Å²) in [6.07, 6.45) is 8.50. The van der Waals surface area contributed by atoms with E-state index >= 15 is 0 Å². The van der Waals surface area contributed by atoms with E-state index in [-0.39, 0.29) is 12.0 Å². The maximum atomic E-state index is 5.84. The highest BCUT2D eigenvalue weighted by atomic mass is 15.3. The first-order valence-electron chi connectivity index (χ1n) is 8.33. The molecule has 2 aliphatic rings. The molecule has 5 nitrogen and oxygen atoms in total. The van der Waals surface area contributed by atoms with Gasteiger partial charge in [0.05, 0.1) is 23.3 Å². The molecule has 0 spiro atoms. The number of nitrogens with one attached hydrogen (secondary N) is 1. The van der Waals surface area contributed by atoms with Gasteiger partial charge in [-0.1, -0.05) is 36.4 Å². The van der Waals surface area contributed by atoms with E-state index in [4.69, 9.17) is 5.73 Å². The molecule has 0 radical (unpaired) electrons. The predicted octanol–water partition coefficient (Wildman–Crippen LogP) is 3.52. The lowest BCUT2D eigenvalue weighted by Crippen LogP contribution is -2.25. The number of nitrogens with zero attached hydrogens (tertiary/aromatic N) is 3. The second kappa shape index (κ2) is 5.34. The number of nitrogens with two attached hydrogens (primary N) is 1. The van der Waals surface area contributed by atoms with Crippen LogP contribution < -0.4 is 11.1 Å². The minimum atomic E-state index is 0.132. The van der Waals surface area contributed by atoms with Crippen LogP contribution in [0.4, 0.5) is 11.4 Å². The number of rotatable bonds is 1. The molecule has 2 aromatic carbocycles.